The molecule has 0 radical (unpaired) electrons. The lowest BCUT2D eigenvalue weighted by atomic mass is 10.2. The van der Waals surface area contributed by atoms with E-state index in [9.17, 15) is 14.5 Å². The highest BCUT2D eigenvalue weighted by molar-refractivity contribution is 14.1. The number of phenols is 1. The lowest BCUT2D eigenvalue weighted by Gasteiger charge is -2.16. The molecule has 0 saturated heterocycles. The van der Waals surface area contributed by atoms with Gasteiger partial charge in [0.2, 0.25) is 7.37 Å². The van der Waals surface area contributed by atoms with Gasteiger partial charge >= 0.3 is 0 Å². The number of aromatic hydroxyl groups is 1. The summed E-state index contributed by atoms with van der Waals surface area (Å²) in [5.74, 6) is 29.5. The smallest absolute Gasteiger partial charge is 0.233 e. The summed E-state index contributed by atoms with van der Waals surface area (Å²) < 4.78 is 35.7. The molecule has 12 aromatic rings. The van der Waals surface area contributed by atoms with E-state index in [1.165, 1.54) is 10.7 Å². The molecule has 0 aliphatic heterocycles. The van der Waals surface area contributed by atoms with E-state index < -0.39 is 7.37 Å². The summed E-state index contributed by atoms with van der Waals surface area (Å²) in [4.78, 5) is 58.3. The summed E-state index contributed by atoms with van der Waals surface area (Å²) in [7, 11) is 21.5. The van der Waals surface area contributed by atoms with Crippen LogP contribution in [0.3, 0.4) is 0 Å². The van der Waals surface area contributed by atoms with E-state index in [4.69, 9.17) is 29.6 Å². The molecule has 12 rings (SSSR count). The molecule has 0 aliphatic rings. The predicted molar refractivity (Wildman–Crippen MR) is 480 cm³/mol. The molecule has 23 nitrogen and oxygen atoms in total. The number of nitrogens with zero attached hydrogens (tertiary/aromatic N) is 14. The zero-order valence-corrected chi connectivity index (χ0v) is 71.4. The topological polar surface area (TPSA) is 270 Å². The number of nitrogens with two attached hydrogens (primary N) is 1. The van der Waals surface area contributed by atoms with Crippen LogP contribution < -0.4 is 39.7 Å². The fourth-order valence-corrected chi connectivity index (χ4v) is 11.8. The van der Waals surface area contributed by atoms with Crippen molar-refractivity contribution in [2.45, 2.75) is 13.1 Å². The van der Waals surface area contributed by atoms with E-state index in [0.717, 1.165) is 116 Å². The Hall–Kier alpha value is -12.1. The van der Waals surface area contributed by atoms with Gasteiger partial charge in [-0.25, -0.2) is 39.9 Å². The second-order valence-corrected chi connectivity index (χ2v) is 29.9. The van der Waals surface area contributed by atoms with Gasteiger partial charge in [-0.05, 0) is 228 Å². The van der Waals surface area contributed by atoms with Crippen LogP contribution in [0.4, 0.5) is 34.9 Å². The van der Waals surface area contributed by atoms with Crippen LogP contribution in [0.5, 0.6) is 17.2 Å². The Morgan fingerprint density at radius 1 is 0.465 bits per heavy atom. The van der Waals surface area contributed by atoms with E-state index in [2.05, 4.69) is 137 Å². The zero-order valence-electron chi connectivity index (χ0n) is 66.2. The lowest BCUT2D eigenvalue weighted by molar-refractivity contribution is -0.103. The van der Waals surface area contributed by atoms with Crippen molar-refractivity contribution >= 4 is 139 Å². The Labute approximate surface area is 695 Å². The number of anilines is 6. The number of aliphatic hydroxyl groups excluding tert-OH is 1. The number of rotatable bonds is 15. The normalized spacial score (nSPS) is 10.6. The van der Waals surface area contributed by atoms with Gasteiger partial charge in [0.05, 0.1) is 60.6 Å². The Bertz CT molecular complexity index is 5370. The predicted octanol–water partition coefficient (Wildman–Crippen LogP) is 15.1. The van der Waals surface area contributed by atoms with Crippen LogP contribution in [0.15, 0.2) is 213 Å². The molecule has 0 amide bonds. The number of phenolic OH excluding ortho intramolecular Hbond substituents is 1. The minimum atomic E-state index is -2.84. The molecule has 1 unspecified atom stereocenters. The van der Waals surface area contributed by atoms with Crippen molar-refractivity contribution in [1.29, 1.82) is 0 Å². The maximum atomic E-state index is 12.6. The monoisotopic (exact) mass is 1770 g/mol. The van der Waals surface area contributed by atoms with Crippen LogP contribution in [-0.2, 0) is 24.8 Å². The van der Waals surface area contributed by atoms with E-state index in [-0.39, 0.29) is 24.9 Å². The zero-order chi connectivity index (χ0) is 82.8. The Balaban J connectivity index is 0.000000214. The van der Waals surface area contributed by atoms with Crippen LogP contribution in [0.1, 0.15) is 46.3 Å². The number of aliphatic hydroxyl groups is 1. The van der Waals surface area contributed by atoms with Crippen molar-refractivity contribution in [3.63, 3.8) is 0 Å². The number of fused-ring (bicyclic) bond motifs is 3. The van der Waals surface area contributed by atoms with Gasteiger partial charge < -0.3 is 59.2 Å². The van der Waals surface area contributed by atoms with E-state index in [1.807, 2.05) is 260 Å². The van der Waals surface area contributed by atoms with Crippen molar-refractivity contribution in [3.8, 4) is 64.6 Å². The SMILES string of the molecule is CCOP(=O)(COC)Cc1ccc2cc(OC)ccc2n1.CN(C)c1ccc(C#C/C=C/c2ccc3cc(O)ccc3n2)cn1.CN(C)c1ccc(C#CC=O)cn1.CN(C)c1ccc(C#CCO)cn1.CN(C)c1ccc(I)cn1.COc1ccc2nc(/C=C/C#Cc3ccc(N(C)C)nc3)ccc2c1.Nc1ccc(I)cn1. The largest absolute Gasteiger partial charge is 0.508 e. The quantitative estimate of drug-likeness (QED) is 0.0372. The Morgan fingerprint density at radius 2 is 0.860 bits per heavy atom. The Morgan fingerprint density at radius 3 is 1.23 bits per heavy atom. The van der Waals surface area contributed by atoms with Crippen LogP contribution in [0, 0.1) is 54.5 Å². The second kappa shape index (κ2) is 48.7. The highest BCUT2D eigenvalue weighted by Crippen LogP contribution is 2.50. The summed E-state index contributed by atoms with van der Waals surface area (Å²) >= 11 is 4.42. The minimum absolute atomic E-state index is 0.100. The van der Waals surface area contributed by atoms with Crippen molar-refractivity contribution in [2.75, 3.05) is 142 Å². The van der Waals surface area contributed by atoms with E-state index in [1.54, 1.807) is 81.6 Å². The van der Waals surface area contributed by atoms with Gasteiger partial charge in [-0.2, -0.15) is 0 Å². The molecule has 0 saturated carbocycles. The van der Waals surface area contributed by atoms with Crippen LogP contribution in [0.25, 0.3) is 44.9 Å². The summed E-state index contributed by atoms with van der Waals surface area (Å²) in [5, 5.41) is 20.9. The molecule has 586 valence electrons. The van der Waals surface area contributed by atoms with E-state index in [0.29, 0.717) is 18.7 Å². The van der Waals surface area contributed by atoms with Gasteiger partial charge in [0.1, 0.15) is 65.1 Å². The molecule has 0 spiro atoms. The first kappa shape index (κ1) is 90.8. The summed E-state index contributed by atoms with van der Waals surface area (Å²) in [6.07, 6.45) is 18.7. The van der Waals surface area contributed by atoms with Crippen molar-refractivity contribution in [3.05, 3.63) is 260 Å². The van der Waals surface area contributed by atoms with Crippen LogP contribution in [-0.4, -0.2) is 173 Å². The molecule has 0 aliphatic carbocycles. The maximum Gasteiger partial charge on any atom is 0.233 e. The third kappa shape index (κ3) is 32.7. The highest BCUT2D eigenvalue weighted by Gasteiger charge is 2.24. The molecule has 0 fully saturated rings. The number of nitrogen functional groups attached to an aromatic ring is 1. The molecule has 0 bridgehead atoms. The molecule has 26 heteroatoms. The van der Waals surface area contributed by atoms with Gasteiger partial charge in [-0.15, -0.1) is 0 Å². The highest BCUT2D eigenvalue weighted by atomic mass is 127. The number of hydrogen-bond acceptors (Lipinski definition) is 23. The van der Waals surface area contributed by atoms with Crippen molar-refractivity contribution in [2.24, 2.45) is 0 Å². The van der Waals surface area contributed by atoms with Gasteiger partial charge in [-0.1, -0.05) is 59.6 Å². The fraction of sp³-hybridized carbons (Fsp3) is 0.205. The number of aldehydes is 1. The lowest BCUT2D eigenvalue weighted by Crippen LogP contribution is -2.10. The molecule has 9 aromatic heterocycles. The van der Waals surface area contributed by atoms with Crippen molar-refractivity contribution < 1.29 is 38.3 Å². The number of hydrogen-bond donors (Lipinski definition) is 3. The first-order valence-corrected chi connectivity index (χ1v) is 39.3. The molecule has 3 aromatic carbocycles. The first-order chi connectivity index (χ1) is 54.8. The molecular weight excluding hydrogens is 1680 g/mol. The van der Waals surface area contributed by atoms with Crippen molar-refractivity contribution in [1.82, 2.24) is 44.9 Å². The molecule has 1 atom stereocenters. The summed E-state index contributed by atoms with van der Waals surface area (Å²) in [6, 6.07) is 51.3. The van der Waals surface area contributed by atoms with Gasteiger partial charge in [-0.3, -0.25) is 14.3 Å². The summed E-state index contributed by atoms with van der Waals surface area (Å²) in [5.41, 5.74) is 13.7. The number of benzene rings is 3. The van der Waals surface area contributed by atoms with Crippen LogP contribution >= 0.6 is 52.6 Å². The summed E-state index contributed by atoms with van der Waals surface area (Å²) in [6.45, 7) is 2.10. The second-order valence-electron chi connectivity index (χ2n) is 25.0. The number of ether oxygens (including phenoxy) is 3. The van der Waals surface area contributed by atoms with Gasteiger partial charge in [0.25, 0.3) is 0 Å². The molecule has 9 heterocycles. The van der Waals surface area contributed by atoms with E-state index >= 15 is 0 Å². The third-order valence-electron chi connectivity index (χ3n) is 15.1. The molecule has 114 heavy (non-hydrogen) atoms. The minimum Gasteiger partial charge on any atom is -0.508 e. The molecule has 4 N–H and O–H groups in total. The fourth-order valence-electron chi connectivity index (χ4n) is 9.41. The number of halogens is 2. The third-order valence-corrected chi connectivity index (χ3v) is 18.6. The van der Waals surface area contributed by atoms with Gasteiger partial charge in [0, 0.05) is 160 Å². The standard InChI is InChI=1S/C21H19N3O.C20H17N3O.C15H20NO4P.C10H12N2O.C10H10N2O.C7H9IN2.C5H5IN2/c1-24(2)21-13-8-16(15-22-21)6-4-5-7-18-10-9-17-14-19(25-3)11-12-20(17)23-18;1-23(2)20-12-7-15(14-21-20)5-3-4-6-17-9-8-16-13-18(24)10-11-19(16)22-17;1-4-20-21(17,11-18-2)10-13-6-5-12-9-14(19-3)7-8-15(12)16-13;2*1-12(2)10-6-5-9(8-11-10)4-3-7-13;1-10(2)7-4-3-6(8)5-9-7;6-4-1-2-5(7)8-3-4/h5,7-15H,1-3H3;4,6-14,24H,1-2H3;5-9H,4,10-11H2,1-3H3;5-6,8,13H,7H2,1-2H3;5-8H,1-2H3;3-5H,1-2H3;1-3H,(H2,7,8)/b7-5+;6-4+;;;;;. The number of pyridine rings is 9. The van der Waals surface area contributed by atoms with Gasteiger partial charge in [0.15, 0.2) is 6.29 Å². The Kier molecular flexibility index (Phi) is 38.8. The maximum absolute atomic E-state index is 12.6. The number of carbonyl (C=O) groups excluding carboxylic acids is 1. The number of allylic oxidation sites excluding steroid dienone is 2. The molecular formula is C88H92I2N15O8P. The average molecular weight is 1770 g/mol. The first-order valence-electron chi connectivity index (χ1n) is 35.1. The average Bonchev–Trinajstić information content (AvgIpc) is 0.833. The number of methoxy groups -OCH3 is 3. The van der Waals surface area contributed by atoms with Crippen LogP contribution in [0.2, 0.25) is 0 Å². The number of carbonyl (C=O) groups is 1. The number of aromatic nitrogens is 9.